The lowest BCUT2D eigenvalue weighted by Crippen LogP contribution is -2.61. The third kappa shape index (κ3) is 6.35. The Labute approximate surface area is 313 Å². The monoisotopic (exact) mass is 742 g/mol. The number of aromatic amines is 1. The van der Waals surface area contributed by atoms with Gasteiger partial charge in [0.05, 0.1) is 11.7 Å². The highest BCUT2D eigenvalue weighted by atomic mass is 19.4. The van der Waals surface area contributed by atoms with Crippen LogP contribution in [0.5, 0.6) is 5.75 Å². The normalized spacial score (nSPS) is 22.4. The number of hydrogen-bond donors (Lipinski definition) is 1. The van der Waals surface area contributed by atoms with E-state index >= 15 is 0 Å². The first-order valence-corrected chi connectivity index (χ1v) is 19.7. The molecule has 13 heteroatoms. The molecule has 4 aliphatic heterocycles. The van der Waals surface area contributed by atoms with Crippen LogP contribution in [0, 0.1) is 12.3 Å². The number of nitrogens with zero attached hydrogens (tertiary/aromatic N) is 7. The van der Waals surface area contributed by atoms with Gasteiger partial charge in [0, 0.05) is 73.1 Å². The summed E-state index contributed by atoms with van der Waals surface area (Å²) in [5.41, 5.74) is 4.69. The molecule has 1 amide bonds. The van der Waals surface area contributed by atoms with E-state index in [4.69, 9.17) is 14.7 Å². The summed E-state index contributed by atoms with van der Waals surface area (Å²) in [6.45, 7) is 12.1. The van der Waals surface area contributed by atoms with Gasteiger partial charge in [-0.05, 0) is 113 Å². The zero-order valence-corrected chi connectivity index (χ0v) is 31.2. The number of aromatic nitrogens is 4. The molecule has 2 aromatic heterocycles. The number of nitrogens with one attached hydrogen (secondary N) is 1. The zero-order valence-electron chi connectivity index (χ0n) is 31.2. The number of carbonyl (C=O) groups is 1. The summed E-state index contributed by atoms with van der Waals surface area (Å²) in [4.78, 5) is 31.8. The SMILES string of the molecule is C=CC(=O)N1CC2(CCN(c3nc(N4CCC(N5CCC[C@@H]5C)CC4)nc4c(OCC(F)(F)F)c(-c5c(C)ccc6[nH]ncc56)c(C5CC5)cc34)CC2)C1. The first kappa shape index (κ1) is 35.3. The Morgan fingerprint density at radius 1 is 1.00 bits per heavy atom. The molecule has 10 nitrogen and oxygen atoms in total. The predicted octanol–water partition coefficient (Wildman–Crippen LogP) is 7.37. The molecule has 1 atom stereocenters. The number of benzene rings is 2. The van der Waals surface area contributed by atoms with Crippen LogP contribution in [0.25, 0.3) is 32.9 Å². The number of fused-ring (bicyclic) bond motifs is 2. The Kier molecular flexibility index (Phi) is 8.78. The lowest BCUT2D eigenvalue weighted by molar-refractivity contribution is -0.153. The molecule has 286 valence electrons. The second-order valence-corrected chi connectivity index (χ2v) is 16.5. The Hall–Kier alpha value is -4.39. The minimum absolute atomic E-state index is 0.0337. The first-order chi connectivity index (χ1) is 26.0. The van der Waals surface area contributed by atoms with Crippen molar-refractivity contribution in [1.29, 1.82) is 0 Å². The number of alkyl halides is 3. The van der Waals surface area contributed by atoms with Crippen LogP contribution in [0.1, 0.15) is 75.3 Å². The van der Waals surface area contributed by atoms with Gasteiger partial charge in [0.15, 0.2) is 12.4 Å². The molecule has 4 aromatic rings. The second-order valence-electron chi connectivity index (χ2n) is 16.5. The minimum atomic E-state index is -4.55. The van der Waals surface area contributed by atoms with Gasteiger partial charge in [-0.15, -0.1) is 0 Å². The van der Waals surface area contributed by atoms with Crippen molar-refractivity contribution in [2.24, 2.45) is 5.41 Å². The summed E-state index contributed by atoms with van der Waals surface area (Å²) < 4.78 is 48.5. The van der Waals surface area contributed by atoms with E-state index in [0.717, 1.165) is 123 Å². The average molecular weight is 743 g/mol. The van der Waals surface area contributed by atoms with Gasteiger partial charge in [-0.2, -0.15) is 23.3 Å². The summed E-state index contributed by atoms with van der Waals surface area (Å²) in [5, 5.41) is 8.94. The molecule has 1 aliphatic carbocycles. The van der Waals surface area contributed by atoms with Crippen LogP contribution in [0.15, 0.2) is 37.1 Å². The molecule has 6 heterocycles. The molecule has 2 aromatic carbocycles. The van der Waals surface area contributed by atoms with E-state index in [-0.39, 0.29) is 23.0 Å². The van der Waals surface area contributed by atoms with Gasteiger partial charge >= 0.3 is 6.18 Å². The van der Waals surface area contributed by atoms with Crippen LogP contribution >= 0.6 is 0 Å². The van der Waals surface area contributed by atoms with Crippen molar-refractivity contribution in [3.63, 3.8) is 0 Å². The first-order valence-electron chi connectivity index (χ1n) is 19.7. The molecule has 0 unspecified atom stereocenters. The van der Waals surface area contributed by atoms with Crippen molar-refractivity contribution in [3.05, 3.63) is 48.2 Å². The average Bonchev–Trinajstić information content (AvgIpc) is 3.73. The van der Waals surface area contributed by atoms with Crippen molar-refractivity contribution in [1.82, 2.24) is 30.0 Å². The van der Waals surface area contributed by atoms with Crippen molar-refractivity contribution >= 4 is 39.5 Å². The van der Waals surface area contributed by atoms with Gasteiger partial charge < -0.3 is 19.4 Å². The molecule has 5 aliphatic rings. The predicted molar refractivity (Wildman–Crippen MR) is 204 cm³/mol. The summed E-state index contributed by atoms with van der Waals surface area (Å²) in [7, 11) is 0. The topological polar surface area (TPSA) is 93.7 Å². The fourth-order valence-electron chi connectivity index (χ4n) is 9.79. The molecule has 9 rings (SSSR count). The molecule has 1 spiro atoms. The number of carbonyl (C=O) groups excluding carboxylic acids is 1. The van der Waals surface area contributed by atoms with Gasteiger partial charge in [-0.3, -0.25) is 14.8 Å². The Bertz CT molecular complexity index is 2090. The molecular weight excluding hydrogens is 693 g/mol. The minimum Gasteiger partial charge on any atom is -0.481 e. The lowest BCUT2D eigenvalue weighted by Gasteiger charge is -2.54. The number of rotatable bonds is 8. The lowest BCUT2D eigenvalue weighted by atomic mass is 9.72. The summed E-state index contributed by atoms with van der Waals surface area (Å²) in [6, 6.07) is 7.18. The number of piperidine rings is 2. The van der Waals surface area contributed by atoms with Crippen molar-refractivity contribution in [2.75, 3.05) is 62.2 Å². The van der Waals surface area contributed by atoms with E-state index in [1.807, 2.05) is 24.0 Å². The number of hydrogen-bond acceptors (Lipinski definition) is 8. The summed E-state index contributed by atoms with van der Waals surface area (Å²) in [5.74, 6) is 1.61. The molecule has 1 saturated carbocycles. The number of H-pyrrole nitrogens is 1. The number of amides is 1. The van der Waals surface area contributed by atoms with Crippen LogP contribution in [-0.4, -0.2) is 107 Å². The van der Waals surface area contributed by atoms with Gasteiger partial charge in [0.1, 0.15) is 11.3 Å². The molecule has 5 fully saturated rings. The maximum absolute atomic E-state index is 14.2. The highest BCUT2D eigenvalue weighted by Gasteiger charge is 2.47. The van der Waals surface area contributed by atoms with E-state index in [1.54, 1.807) is 6.20 Å². The van der Waals surface area contributed by atoms with Crippen LogP contribution < -0.4 is 14.5 Å². The van der Waals surface area contributed by atoms with E-state index < -0.39 is 12.8 Å². The maximum atomic E-state index is 14.2. The van der Waals surface area contributed by atoms with E-state index in [9.17, 15) is 18.0 Å². The standard InChI is InChI=1S/C41H49F3N8O2/c1-4-33(53)51-22-40(23-51)13-18-49(19-14-40)38-30-20-29(27-8-9-27)35(34-25(2)7-10-32-31(34)21-45-48-32)37(54-24-41(42,43)44)36(30)46-39(47-38)50-16-11-28(12-17-50)52-15-5-6-26(52)3/h4,7,10,20-21,26-28H,1,5-6,8-9,11-19,22-24H2,2-3H3,(H,45,48)/t26-/m0/s1. The molecule has 0 radical (unpaired) electrons. The van der Waals surface area contributed by atoms with E-state index in [1.165, 1.54) is 18.9 Å². The number of likely N-dealkylation sites (tertiary alicyclic amines) is 2. The van der Waals surface area contributed by atoms with Gasteiger partial charge in [0.2, 0.25) is 11.9 Å². The molecule has 4 saturated heterocycles. The molecule has 54 heavy (non-hydrogen) atoms. The number of ether oxygens (including phenoxy) is 1. The largest absolute Gasteiger partial charge is 0.481 e. The maximum Gasteiger partial charge on any atom is 0.422 e. The van der Waals surface area contributed by atoms with Crippen LogP contribution in [0.4, 0.5) is 24.9 Å². The summed E-state index contributed by atoms with van der Waals surface area (Å²) >= 11 is 0. The highest BCUT2D eigenvalue weighted by Crippen LogP contribution is 2.53. The van der Waals surface area contributed by atoms with Crippen LogP contribution in [-0.2, 0) is 4.79 Å². The van der Waals surface area contributed by atoms with E-state index in [0.29, 0.717) is 29.1 Å². The quantitative estimate of drug-likeness (QED) is 0.187. The van der Waals surface area contributed by atoms with Gasteiger partial charge in [-0.1, -0.05) is 12.6 Å². The fourth-order valence-corrected chi connectivity index (χ4v) is 9.79. The molecule has 0 bridgehead atoms. The third-order valence-corrected chi connectivity index (χ3v) is 12.9. The third-order valence-electron chi connectivity index (χ3n) is 12.9. The smallest absolute Gasteiger partial charge is 0.422 e. The van der Waals surface area contributed by atoms with Crippen molar-refractivity contribution < 1.29 is 22.7 Å². The molecular formula is C41H49F3N8O2. The van der Waals surface area contributed by atoms with Crippen LogP contribution in [0.2, 0.25) is 0 Å². The van der Waals surface area contributed by atoms with Gasteiger partial charge in [0.25, 0.3) is 0 Å². The fraction of sp³-hybridized carbons (Fsp3) is 0.561. The highest BCUT2D eigenvalue weighted by molar-refractivity contribution is 6.06. The van der Waals surface area contributed by atoms with E-state index in [2.05, 4.69) is 44.5 Å². The number of aryl methyl sites for hydroxylation is 1. The Morgan fingerprint density at radius 2 is 1.76 bits per heavy atom. The second kappa shape index (κ2) is 13.4. The van der Waals surface area contributed by atoms with Gasteiger partial charge in [-0.25, -0.2) is 4.98 Å². The number of halogens is 3. The van der Waals surface area contributed by atoms with Crippen molar-refractivity contribution in [3.8, 4) is 16.9 Å². The molecule has 1 N–H and O–H groups in total. The Balaban J connectivity index is 1.18. The van der Waals surface area contributed by atoms with Crippen molar-refractivity contribution in [2.45, 2.75) is 89.4 Å². The van der Waals surface area contributed by atoms with Crippen LogP contribution in [0.3, 0.4) is 0 Å². The zero-order chi connectivity index (χ0) is 37.4. The Morgan fingerprint density at radius 3 is 2.43 bits per heavy atom. The summed E-state index contributed by atoms with van der Waals surface area (Å²) in [6.07, 6.45) is 6.69. The number of anilines is 2.